The number of rotatable bonds is 9. The average molecular weight is 391 g/mol. The lowest BCUT2D eigenvalue weighted by Crippen LogP contribution is -2.22. The van der Waals surface area contributed by atoms with Crippen LogP contribution in [0.25, 0.3) is 0 Å². The van der Waals surface area contributed by atoms with Crippen molar-refractivity contribution in [3.8, 4) is 0 Å². The van der Waals surface area contributed by atoms with E-state index in [0.29, 0.717) is 32.1 Å². The zero-order valence-electron chi connectivity index (χ0n) is 13.0. The molecule has 1 unspecified atom stereocenters. The van der Waals surface area contributed by atoms with Crippen molar-refractivity contribution < 1.29 is 17.8 Å². The summed E-state index contributed by atoms with van der Waals surface area (Å²) in [6.07, 6.45) is 1.91. The molecular weight excluding hydrogens is 368 g/mol. The predicted molar refractivity (Wildman–Crippen MR) is 91.5 cm³/mol. The van der Waals surface area contributed by atoms with Crippen LogP contribution in [0.1, 0.15) is 45.1 Å². The molecule has 22 heavy (non-hydrogen) atoms. The Bertz CT molecular complexity index is 579. The van der Waals surface area contributed by atoms with Gasteiger partial charge in [-0.1, -0.05) is 41.9 Å². The van der Waals surface area contributed by atoms with Gasteiger partial charge in [0.25, 0.3) is 10.1 Å². The molecule has 0 saturated heterocycles. The van der Waals surface area contributed by atoms with Crippen molar-refractivity contribution in [1.29, 1.82) is 0 Å². The number of hydrogen-bond acceptors (Lipinski definition) is 3. The molecule has 6 heteroatoms. The topological polar surface area (TPSA) is 71.4 Å². The SMILES string of the molecule is CC(C)CC(CCCC(=O)Cc1ccc(Br)cc1)S(=O)(=O)O. The molecule has 0 fully saturated rings. The minimum atomic E-state index is -4.04. The van der Waals surface area contributed by atoms with Crippen LogP contribution in [0.3, 0.4) is 0 Å². The van der Waals surface area contributed by atoms with Crippen LogP contribution in [0.4, 0.5) is 0 Å². The molecule has 0 aliphatic heterocycles. The van der Waals surface area contributed by atoms with Gasteiger partial charge in [0.1, 0.15) is 5.78 Å². The van der Waals surface area contributed by atoms with Gasteiger partial charge in [-0.3, -0.25) is 9.35 Å². The zero-order valence-corrected chi connectivity index (χ0v) is 15.4. The third-order valence-electron chi connectivity index (χ3n) is 3.45. The second kappa shape index (κ2) is 8.79. The summed E-state index contributed by atoms with van der Waals surface area (Å²) in [6.45, 7) is 3.83. The molecule has 124 valence electrons. The fraction of sp³-hybridized carbons (Fsp3) is 0.562. The Balaban J connectivity index is 2.44. The van der Waals surface area contributed by atoms with Crippen LogP contribution in [0.15, 0.2) is 28.7 Å². The first-order valence-corrected chi connectivity index (χ1v) is 9.70. The Kier molecular flexibility index (Phi) is 7.72. The monoisotopic (exact) mass is 390 g/mol. The minimum Gasteiger partial charge on any atom is -0.299 e. The third kappa shape index (κ3) is 7.51. The highest BCUT2D eigenvalue weighted by Gasteiger charge is 2.23. The molecular formula is C16H23BrO4S. The van der Waals surface area contributed by atoms with E-state index < -0.39 is 15.4 Å². The quantitative estimate of drug-likeness (QED) is 0.645. The van der Waals surface area contributed by atoms with Gasteiger partial charge in [-0.2, -0.15) is 8.42 Å². The van der Waals surface area contributed by atoms with Crippen LogP contribution >= 0.6 is 15.9 Å². The summed E-state index contributed by atoms with van der Waals surface area (Å²) in [4.78, 5) is 11.9. The maximum absolute atomic E-state index is 11.9. The summed E-state index contributed by atoms with van der Waals surface area (Å²) in [6, 6.07) is 7.56. The van der Waals surface area contributed by atoms with Crippen molar-refractivity contribution in [1.82, 2.24) is 0 Å². The van der Waals surface area contributed by atoms with E-state index in [-0.39, 0.29) is 11.7 Å². The number of benzene rings is 1. The lowest BCUT2D eigenvalue weighted by molar-refractivity contribution is -0.118. The number of carbonyl (C=O) groups excluding carboxylic acids is 1. The van der Waals surface area contributed by atoms with Gasteiger partial charge in [0, 0.05) is 17.3 Å². The molecule has 1 N–H and O–H groups in total. The van der Waals surface area contributed by atoms with E-state index in [9.17, 15) is 17.8 Å². The smallest absolute Gasteiger partial charge is 0.267 e. The molecule has 1 aromatic carbocycles. The average Bonchev–Trinajstić information content (AvgIpc) is 2.39. The minimum absolute atomic E-state index is 0.0842. The Hall–Kier alpha value is -0.720. The summed E-state index contributed by atoms with van der Waals surface area (Å²) in [5.74, 6) is 0.270. The van der Waals surface area contributed by atoms with E-state index in [1.165, 1.54) is 0 Å². The van der Waals surface area contributed by atoms with E-state index in [4.69, 9.17) is 0 Å². The number of carbonyl (C=O) groups is 1. The molecule has 0 aromatic heterocycles. The molecule has 0 aliphatic carbocycles. The van der Waals surface area contributed by atoms with Gasteiger partial charge in [-0.05, 0) is 42.9 Å². The van der Waals surface area contributed by atoms with Crippen molar-refractivity contribution in [2.24, 2.45) is 5.92 Å². The maximum atomic E-state index is 11.9. The van der Waals surface area contributed by atoms with Gasteiger partial charge in [-0.15, -0.1) is 0 Å². The number of Topliss-reactive ketones (excluding diaryl/α,β-unsaturated/α-hetero) is 1. The molecule has 1 aromatic rings. The van der Waals surface area contributed by atoms with Crippen molar-refractivity contribution >= 4 is 31.8 Å². The Morgan fingerprint density at radius 1 is 1.23 bits per heavy atom. The first-order chi connectivity index (χ1) is 10.2. The van der Waals surface area contributed by atoms with E-state index in [2.05, 4.69) is 15.9 Å². The molecule has 0 saturated carbocycles. The second-order valence-electron chi connectivity index (χ2n) is 6.00. The predicted octanol–water partition coefficient (Wildman–Crippen LogP) is 4.03. The molecule has 4 nitrogen and oxygen atoms in total. The van der Waals surface area contributed by atoms with Crippen LogP contribution in [-0.4, -0.2) is 24.0 Å². The fourth-order valence-corrected chi connectivity index (χ4v) is 3.72. The maximum Gasteiger partial charge on any atom is 0.267 e. The normalized spacial score (nSPS) is 13.3. The number of hydrogen-bond donors (Lipinski definition) is 1. The van der Waals surface area contributed by atoms with Crippen LogP contribution in [-0.2, 0) is 21.3 Å². The van der Waals surface area contributed by atoms with Crippen molar-refractivity contribution in [3.63, 3.8) is 0 Å². The summed E-state index contributed by atoms with van der Waals surface area (Å²) in [5, 5.41) is -0.770. The molecule has 0 bridgehead atoms. The number of halogens is 1. The highest BCUT2D eigenvalue weighted by molar-refractivity contribution is 9.10. The Morgan fingerprint density at radius 3 is 2.32 bits per heavy atom. The molecule has 1 rings (SSSR count). The molecule has 0 amide bonds. The first-order valence-electron chi connectivity index (χ1n) is 7.41. The first kappa shape index (κ1) is 19.3. The van der Waals surface area contributed by atoms with Crippen LogP contribution in [0.5, 0.6) is 0 Å². The number of ketones is 1. The largest absolute Gasteiger partial charge is 0.299 e. The molecule has 0 spiro atoms. The van der Waals surface area contributed by atoms with Crippen molar-refractivity contribution in [3.05, 3.63) is 34.3 Å². The van der Waals surface area contributed by atoms with Gasteiger partial charge in [0.15, 0.2) is 0 Å². The summed E-state index contributed by atoms with van der Waals surface area (Å²) >= 11 is 3.34. The molecule has 0 radical (unpaired) electrons. The molecule has 0 heterocycles. The van der Waals surface area contributed by atoms with E-state index in [1.54, 1.807) is 0 Å². The lowest BCUT2D eigenvalue weighted by atomic mass is 10.0. The van der Waals surface area contributed by atoms with Crippen LogP contribution in [0, 0.1) is 5.92 Å². The Morgan fingerprint density at radius 2 is 1.82 bits per heavy atom. The summed E-state index contributed by atoms with van der Waals surface area (Å²) in [7, 11) is -4.04. The van der Waals surface area contributed by atoms with E-state index in [1.807, 2.05) is 38.1 Å². The van der Waals surface area contributed by atoms with E-state index in [0.717, 1.165) is 10.0 Å². The standard InChI is InChI=1S/C16H23BrO4S/c1-12(2)10-16(22(19,20)21)5-3-4-15(18)11-13-6-8-14(17)9-7-13/h6-9,12,16H,3-5,10-11H2,1-2H3,(H,19,20,21). The van der Waals surface area contributed by atoms with E-state index >= 15 is 0 Å². The van der Waals surface area contributed by atoms with Crippen LogP contribution < -0.4 is 0 Å². The molecule has 1 atom stereocenters. The Labute approximate surface area is 141 Å². The zero-order chi connectivity index (χ0) is 16.8. The van der Waals surface area contributed by atoms with Gasteiger partial charge in [0.2, 0.25) is 0 Å². The van der Waals surface area contributed by atoms with Gasteiger partial charge < -0.3 is 0 Å². The van der Waals surface area contributed by atoms with Gasteiger partial charge >= 0.3 is 0 Å². The highest BCUT2D eigenvalue weighted by Crippen LogP contribution is 2.19. The van der Waals surface area contributed by atoms with Gasteiger partial charge in [-0.25, -0.2) is 0 Å². The fourth-order valence-electron chi connectivity index (χ4n) is 2.36. The summed E-state index contributed by atoms with van der Waals surface area (Å²) in [5.41, 5.74) is 0.946. The van der Waals surface area contributed by atoms with Crippen molar-refractivity contribution in [2.75, 3.05) is 0 Å². The van der Waals surface area contributed by atoms with Gasteiger partial charge in [0.05, 0.1) is 5.25 Å². The summed E-state index contributed by atoms with van der Waals surface area (Å²) < 4.78 is 32.9. The second-order valence-corrected chi connectivity index (χ2v) is 8.61. The highest BCUT2D eigenvalue weighted by atomic mass is 79.9. The molecule has 0 aliphatic rings. The van der Waals surface area contributed by atoms with Crippen molar-refractivity contribution in [2.45, 2.75) is 51.2 Å². The third-order valence-corrected chi connectivity index (χ3v) is 5.25. The van der Waals surface area contributed by atoms with Crippen LogP contribution in [0.2, 0.25) is 0 Å². The lowest BCUT2D eigenvalue weighted by Gasteiger charge is -2.15.